The lowest BCUT2D eigenvalue weighted by Crippen LogP contribution is -2.43. The minimum atomic E-state index is -4.70. The molecule has 1 aliphatic rings. The van der Waals surface area contributed by atoms with Gasteiger partial charge in [-0.05, 0) is 46.5 Å². The zero-order chi connectivity index (χ0) is 14.4. The van der Waals surface area contributed by atoms with E-state index in [-0.39, 0.29) is 22.9 Å². The Morgan fingerprint density at radius 1 is 1.32 bits per heavy atom. The molecule has 0 amide bonds. The molecule has 7 heteroatoms. The maximum absolute atomic E-state index is 13.0. The predicted molar refractivity (Wildman–Crippen MR) is 64.0 cm³/mol. The Kier molecular flexibility index (Phi) is 3.28. The van der Waals surface area contributed by atoms with Crippen molar-refractivity contribution in [2.24, 2.45) is 0 Å². The van der Waals surface area contributed by atoms with Gasteiger partial charge in [0, 0.05) is 0 Å². The summed E-state index contributed by atoms with van der Waals surface area (Å²) in [5.41, 5.74) is -2.88. The second-order valence-electron chi connectivity index (χ2n) is 4.59. The summed E-state index contributed by atoms with van der Waals surface area (Å²) >= 11 is 2.93. The van der Waals surface area contributed by atoms with E-state index >= 15 is 0 Å². The molecule has 19 heavy (non-hydrogen) atoms. The zero-order valence-corrected chi connectivity index (χ0v) is 11.2. The molecule has 2 rings (SSSR count). The first-order valence-corrected chi connectivity index (χ1v) is 6.31. The van der Waals surface area contributed by atoms with E-state index in [1.807, 2.05) is 0 Å². The Morgan fingerprint density at radius 2 is 1.89 bits per heavy atom. The van der Waals surface area contributed by atoms with Crippen molar-refractivity contribution in [1.29, 1.82) is 0 Å². The Labute approximate surface area is 115 Å². The average molecular weight is 339 g/mol. The number of carboxylic acids is 1. The van der Waals surface area contributed by atoms with Crippen LogP contribution in [0.25, 0.3) is 0 Å². The van der Waals surface area contributed by atoms with Crippen molar-refractivity contribution in [3.63, 3.8) is 0 Å². The highest BCUT2D eigenvalue weighted by atomic mass is 79.9. The number of halogens is 4. The fraction of sp³-hybridized carbons (Fsp3) is 0.417. The Bertz CT molecular complexity index is 536. The number of aromatic hydroxyl groups is 1. The van der Waals surface area contributed by atoms with Gasteiger partial charge in [0.15, 0.2) is 0 Å². The monoisotopic (exact) mass is 338 g/mol. The van der Waals surface area contributed by atoms with Crippen molar-refractivity contribution < 1.29 is 28.2 Å². The van der Waals surface area contributed by atoms with Crippen LogP contribution in [0, 0.1) is 0 Å². The van der Waals surface area contributed by atoms with Crippen LogP contribution in [0.3, 0.4) is 0 Å². The molecular weight excluding hydrogens is 329 g/mol. The summed E-state index contributed by atoms with van der Waals surface area (Å²) in [4.78, 5) is 11.3. The maximum atomic E-state index is 13.0. The number of hydrogen-bond donors (Lipinski definition) is 2. The third-order valence-corrected chi connectivity index (χ3v) is 4.16. The van der Waals surface area contributed by atoms with Gasteiger partial charge in [-0.3, -0.25) is 4.79 Å². The molecule has 1 aromatic rings. The van der Waals surface area contributed by atoms with Crippen molar-refractivity contribution in [3.8, 4) is 5.75 Å². The normalized spacial score (nSPS) is 17.9. The first-order chi connectivity index (χ1) is 8.68. The minimum Gasteiger partial charge on any atom is -0.507 e. The molecule has 0 spiro atoms. The Balaban J connectivity index is 2.68. The van der Waals surface area contributed by atoms with E-state index in [0.717, 1.165) is 6.07 Å². The average Bonchev–Trinajstić information content (AvgIpc) is 2.18. The fourth-order valence-electron chi connectivity index (χ4n) is 2.32. The van der Waals surface area contributed by atoms with Gasteiger partial charge < -0.3 is 10.2 Å². The summed E-state index contributed by atoms with van der Waals surface area (Å²) in [6, 6.07) is 1.63. The third-order valence-electron chi connectivity index (χ3n) is 3.52. The van der Waals surface area contributed by atoms with Crippen molar-refractivity contribution in [2.45, 2.75) is 30.9 Å². The predicted octanol–water partition coefficient (Wildman–Crippen LogP) is 3.68. The van der Waals surface area contributed by atoms with Gasteiger partial charge in [0.1, 0.15) is 5.75 Å². The van der Waals surface area contributed by atoms with Gasteiger partial charge in [0.05, 0.1) is 15.5 Å². The van der Waals surface area contributed by atoms with Crippen molar-refractivity contribution in [3.05, 3.63) is 27.7 Å². The van der Waals surface area contributed by atoms with Crippen LogP contribution < -0.4 is 0 Å². The van der Waals surface area contributed by atoms with Crippen LogP contribution in [0.1, 0.15) is 30.4 Å². The summed E-state index contributed by atoms with van der Waals surface area (Å²) in [5, 5.41) is 18.6. The standard InChI is InChI=1S/C12H10BrF3O3/c13-8-4-6(11(10(18)19)2-1-3-11)7(5-9(8)17)12(14,15)16/h4-5,17H,1-3H2,(H,18,19). The molecule has 0 saturated heterocycles. The van der Waals surface area contributed by atoms with Gasteiger partial charge in [0.25, 0.3) is 0 Å². The zero-order valence-electron chi connectivity index (χ0n) is 9.59. The lowest BCUT2D eigenvalue weighted by atomic mass is 9.63. The molecule has 0 aliphatic heterocycles. The molecule has 1 aliphatic carbocycles. The molecule has 1 aromatic carbocycles. The SMILES string of the molecule is O=C(O)C1(c2cc(Br)c(O)cc2C(F)(F)F)CCC1. The lowest BCUT2D eigenvalue weighted by Gasteiger charge is -2.39. The highest BCUT2D eigenvalue weighted by Crippen LogP contribution is 2.50. The van der Waals surface area contributed by atoms with E-state index in [9.17, 15) is 28.2 Å². The number of rotatable bonds is 2. The minimum absolute atomic E-state index is 0.0584. The molecule has 0 unspecified atom stereocenters. The number of hydrogen-bond acceptors (Lipinski definition) is 2. The molecule has 104 valence electrons. The molecular formula is C12H10BrF3O3. The molecule has 0 bridgehead atoms. The van der Waals surface area contributed by atoms with Crippen molar-refractivity contribution in [2.75, 3.05) is 0 Å². The van der Waals surface area contributed by atoms with E-state index in [4.69, 9.17) is 0 Å². The summed E-state index contributed by atoms with van der Waals surface area (Å²) in [6.07, 6.45) is -3.79. The third kappa shape index (κ3) is 2.20. The molecule has 0 radical (unpaired) electrons. The van der Waals surface area contributed by atoms with Gasteiger partial charge in [-0.2, -0.15) is 13.2 Å². The molecule has 0 heterocycles. The second kappa shape index (κ2) is 4.40. The number of phenols is 1. The smallest absolute Gasteiger partial charge is 0.416 e. The van der Waals surface area contributed by atoms with Crippen molar-refractivity contribution in [1.82, 2.24) is 0 Å². The highest BCUT2D eigenvalue weighted by Gasteiger charge is 2.50. The van der Waals surface area contributed by atoms with Crippen LogP contribution in [0.4, 0.5) is 13.2 Å². The summed E-state index contributed by atoms with van der Waals surface area (Å²) < 4.78 is 39.0. The highest BCUT2D eigenvalue weighted by molar-refractivity contribution is 9.10. The molecule has 2 N–H and O–H groups in total. The number of alkyl halides is 3. The van der Waals surface area contributed by atoms with E-state index in [1.165, 1.54) is 0 Å². The maximum Gasteiger partial charge on any atom is 0.416 e. The number of phenolic OH excluding ortho intramolecular Hbond substituents is 1. The van der Waals surface area contributed by atoms with Crippen LogP contribution in [-0.2, 0) is 16.4 Å². The van der Waals surface area contributed by atoms with Gasteiger partial charge in [-0.15, -0.1) is 0 Å². The molecule has 1 saturated carbocycles. The first-order valence-electron chi connectivity index (χ1n) is 5.52. The molecule has 0 atom stereocenters. The van der Waals surface area contributed by atoms with Gasteiger partial charge in [-0.25, -0.2) is 0 Å². The topological polar surface area (TPSA) is 57.5 Å². The van der Waals surface area contributed by atoms with Crippen LogP contribution in [0.5, 0.6) is 5.75 Å². The number of carbonyl (C=O) groups is 1. The number of aliphatic carboxylic acids is 1. The molecule has 3 nitrogen and oxygen atoms in total. The summed E-state index contributed by atoms with van der Waals surface area (Å²) in [5.74, 6) is -1.82. The van der Waals surface area contributed by atoms with Gasteiger partial charge in [0.2, 0.25) is 0 Å². The van der Waals surface area contributed by atoms with Crippen molar-refractivity contribution >= 4 is 21.9 Å². The summed E-state index contributed by atoms with van der Waals surface area (Å²) in [6.45, 7) is 0. The van der Waals surface area contributed by atoms with Crippen LogP contribution in [0.2, 0.25) is 0 Å². The first kappa shape index (κ1) is 14.2. The van der Waals surface area contributed by atoms with E-state index < -0.39 is 28.9 Å². The lowest BCUT2D eigenvalue weighted by molar-refractivity contribution is -0.149. The van der Waals surface area contributed by atoms with E-state index in [0.29, 0.717) is 12.5 Å². The largest absolute Gasteiger partial charge is 0.507 e. The number of benzene rings is 1. The van der Waals surface area contributed by atoms with Gasteiger partial charge >= 0.3 is 12.1 Å². The quantitative estimate of drug-likeness (QED) is 0.864. The van der Waals surface area contributed by atoms with Crippen LogP contribution >= 0.6 is 15.9 Å². The molecule has 0 aromatic heterocycles. The molecule has 1 fully saturated rings. The van der Waals surface area contributed by atoms with E-state index in [1.54, 1.807) is 0 Å². The van der Waals surface area contributed by atoms with Gasteiger partial charge in [-0.1, -0.05) is 6.42 Å². The van der Waals surface area contributed by atoms with E-state index in [2.05, 4.69) is 15.9 Å². The fourth-order valence-corrected chi connectivity index (χ4v) is 2.66. The number of carboxylic acid groups (broad SMARTS) is 1. The van der Waals surface area contributed by atoms with Crippen LogP contribution in [0.15, 0.2) is 16.6 Å². The summed E-state index contributed by atoms with van der Waals surface area (Å²) in [7, 11) is 0. The Morgan fingerprint density at radius 3 is 2.26 bits per heavy atom. The Hall–Kier alpha value is -1.24. The van der Waals surface area contributed by atoms with Crippen LogP contribution in [-0.4, -0.2) is 16.2 Å². The second-order valence-corrected chi connectivity index (χ2v) is 5.44.